The third kappa shape index (κ3) is 4.47. The van der Waals surface area contributed by atoms with E-state index in [2.05, 4.69) is 10.9 Å². The maximum Gasteiger partial charge on any atom is 0.276 e. The van der Waals surface area contributed by atoms with E-state index in [1.807, 2.05) is 78.9 Å². The Labute approximate surface area is 173 Å². The average molecular weight is 396 g/mol. The number of hydrogen-bond donors (Lipinski definition) is 2. The minimum Gasteiger partial charge on any atom is -0.483 e. The van der Waals surface area contributed by atoms with E-state index in [0.717, 1.165) is 27.1 Å². The standard InChI is InChI=1S/C25H20N2O3/c28-24(16-15-20-10-5-9-18-7-1-3-12-21(18)20)26-27-25(29)17-30-23-14-6-11-19-8-2-4-13-22(19)23/h1-16H,17H2,(H,26,28)(H,27,29)/b16-15+. The van der Waals surface area contributed by atoms with Crippen LogP contribution in [0.25, 0.3) is 27.6 Å². The molecule has 4 aromatic rings. The summed E-state index contributed by atoms with van der Waals surface area (Å²) in [6, 6.07) is 27.3. The van der Waals surface area contributed by atoms with Crippen LogP contribution in [0.4, 0.5) is 0 Å². The molecule has 0 bridgehead atoms. The van der Waals surface area contributed by atoms with Crippen LogP contribution in [0, 0.1) is 0 Å². The number of hydrazine groups is 1. The molecule has 0 heterocycles. The predicted octanol–water partition coefficient (Wildman–Crippen LogP) is 4.23. The molecule has 0 radical (unpaired) electrons. The number of amides is 2. The Kier molecular flexibility index (Phi) is 5.71. The Balaban J connectivity index is 1.31. The maximum absolute atomic E-state index is 12.1. The van der Waals surface area contributed by atoms with Crippen molar-refractivity contribution in [1.82, 2.24) is 10.9 Å². The van der Waals surface area contributed by atoms with E-state index < -0.39 is 11.8 Å². The van der Waals surface area contributed by atoms with Crippen LogP contribution in [0.3, 0.4) is 0 Å². The first kappa shape index (κ1) is 19.2. The normalized spacial score (nSPS) is 10.9. The van der Waals surface area contributed by atoms with Gasteiger partial charge in [-0.3, -0.25) is 20.4 Å². The van der Waals surface area contributed by atoms with Crippen LogP contribution in [0.5, 0.6) is 5.75 Å². The number of carbonyl (C=O) groups excluding carboxylic acids is 2. The second kappa shape index (κ2) is 8.92. The zero-order valence-corrected chi connectivity index (χ0v) is 16.2. The van der Waals surface area contributed by atoms with Gasteiger partial charge in [-0.05, 0) is 33.9 Å². The molecule has 5 nitrogen and oxygen atoms in total. The first-order valence-electron chi connectivity index (χ1n) is 9.56. The first-order chi connectivity index (χ1) is 14.7. The molecule has 4 aromatic carbocycles. The molecule has 0 saturated carbocycles. The predicted molar refractivity (Wildman–Crippen MR) is 119 cm³/mol. The highest BCUT2D eigenvalue weighted by molar-refractivity contribution is 5.97. The average Bonchev–Trinajstić information content (AvgIpc) is 2.80. The van der Waals surface area contributed by atoms with Crippen LogP contribution in [0.1, 0.15) is 5.56 Å². The molecule has 0 aliphatic heterocycles. The van der Waals surface area contributed by atoms with Crippen LogP contribution in [0.2, 0.25) is 0 Å². The minimum atomic E-state index is -0.449. The van der Waals surface area contributed by atoms with E-state index in [0.29, 0.717) is 5.75 Å². The van der Waals surface area contributed by atoms with Crippen LogP contribution < -0.4 is 15.6 Å². The van der Waals surface area contributed by atoms with Gasteiger partial charge in [0.15, 0.2) is 6.61 Å². The highest BCUT2D eigenvalue weighted by Crippen LogP contribution is 2.25. The third-order valence-electron chi connectivity index (χ3n) is 4.67. The molecule has 0 saturated heterocycles. The van der Waals surface area contributed by atoms with Crippen LogP contribution in [0.15, 0.2) is 91.0 Å². The molecule has 0 fully saturated rings. The fourth-order valence-electron chi connectivity index (χ4n) is 3.24. The Morgan fingerprint density at radius 2 is 1.37 bits per heavy atom. The Hall–Kier alpha value is -4.12. The number of carbonyl (C=O) groups is 2. The summed E-state index contributed by atoms with van der Waals surface area (Å²) in [5.41, 5.74) is 5.65. The number of ether oxygens (including phenoxy) is 1. The Bertz CT molecular complexity index is 1240. The van der Waals surface area contributed by atoms with E-state index in [9.17, 15) is 9.59 Å². The number of rotatable bonds is 5. The molecule has 0 spiro atoms. The van der Waals surface area contributed by atoms with Crippen molar-refractivity contribution >= 4 is 39.4 Å². The molecule has 2 N–H and O–H groups in total. The molecule has 5 heteroatoms. The quantitative estimate of drug-likeness (QED) is 0.392. The van der Waals surface area contributed by atoms with Gasteiger partial charge in [0, 0.05) is 11.5 Å². The number of nitrogens with one attached hydrogen (secondary N) is 2. The Morgan fingerprint density at radius 1 is 0.733 bits per heavy atom. The van der Waals surface area contributed by atoms with Crippen molar-refractivity contribution in [3.05, 3.63) is 96.6 Å². The molecule has 0 aromatic heterocycles. The highest BCUT2D eigenvalue weighted by Gasteiger charge is 2.06. The molecule has 0 unspecified atom stereocenters. The van der Waals surface area contributed by atoms with Crippen molar-refractivity contribution in [2.24, 2.45) is 0 Å². The topological polar surface area (TPSA) is 67.4 Å². The lowest BCUT2D eigenvalue weighted by molar-refractivity contribution is -0.128. The summed E-state index contributed by atoms with van der Waals surface area (Å²) in [5.74, 6) is -0.262. The molecule has 30 heavy (non-hydrogen) atoms. The van der Waals surface area contributed by atoms with E-state index in [1.165, 1.54) is 6.08 Å². The molecular formula is C25H20N2O3. The van der Waals surface area contributed by atoms with Gasteiger partial charge >= 0.3 is 0 Å². The summed E-state index contributed by atoms with van der Waals surface area (Å²) in [6.07, 6.45) is 3.10. The summed E-state index contributed by atoms with van der Waals surface area (Å²) in [5, 5.41) is 4.10. The summed E-state index contributed by atoms with van der Waals surface area (Å²) >= 11 is 0. The summed E-state index contributed by atoms with van der Waals surface area (Å²) < 4.78 is 5.61. The number of benzene rings is 4. The van der Waals surface area contributed by atoms with Crippen LogP contribution in [-0.2, 0) is 9.59 Å². The van der Waals surface area contributed by atoms with Gasteiger partial charge in [0.05, 0.1) is 0 Å². The third-order valence-corrected chi connectivity index (χ3v) is 4.67. The molecule has 148 valence electrons. The van der Waals surface area contributed by atoms with Crippen LogP contribution >= 0.6 is 0 Å². The Morgan fingerprint density at radius 3 is 2.17 bits per heavy atom. The van der Waals surface area contributed by atoms with E-state index in [4.69, 9.17) is 4.74 Å². The van der Waals surface area contributed by atoms with Gasteiger partial charge < -0.3 is 4.74 Å². The summed E-state index contributed by atoms with van der Waals surface area (Å²) in [4.78, 5) is 24.1. The zero-order valence-electron chi connectivity index (χ0n) is 16.2. The lowest BCUT2D eigenvalue weighted by Gasteiger charge is -2.10. The maximum atomic E-state index is 12.1. The first-order valence-corrected chi connectivity index (χ1v) is 9.56. The van der Waals surface area contributed by atoms with Crippen molar-refractivity contribution in [3.63, 3.8) is 0 Å². The lowest BCUT2D eigenvalue weighted by Crippen LogP contribution is -2.43. The fraction of sp³-hybridized carbons (Fsp3) is 0.0400. The molecule has 0 aliphatic carbocycles. The van der Waals surface area contributed by atoms with Gasteiger partial charge in [-0.2, -0.15) is 0 Å². The molecule has 0 aliphatic rings. The zero-order chi connectivity index (χ0) is 20.8. The molecule has 2 amide bonds. The van der Waals surface area contributed by atoms with E-state index in [-0.39, 0.29) is 6.61 Å². The second-order valence-corrected chi connectivity index (χ2v) is 6.71. The second-order valence-electron chi connectivity index (χ2n) is 6.71. The largest absolute Gasteiger partial charge is 0.483 e. The summed E-state index contributed by atoms with van der Waals surface area (Å²) in [7, 11) is 0. The fourth-order valence-corrected chi connectivity index (χ4v) is 3.24. The lowest BCUT2D eigenvalue weighted by atomic mass is 10.0. The van der Waals surface area contributed by atoms with Gasteiger partial charge in [-0.15, -0.1) is 0 Å². The summed E-state index contributed by atoms with van der Waals surface area (Å²) in [6.45, 7) is -0.207. The monoisotopic (exact) mass is 396 g/mol. The number of hydrogen-bond acceptors (Lipinski definition) is 3. The minimum absolute atomic E-state index is 0.207. The van der Waals surface area contributed by atoms with E-state index in [1.54, 1.807) is 12.1 Å². The van der Waals surface area contributed by atoms with Gasteiger partial charge in [-0.25, -0.2) is 0 Å². The van der Waals surface area contributed by atoms with Crippen molar-refractivity contribution in [2.45, 2.75) is 0 Å². The number of fused-ring (bicyclic) bond motifs is 2. The van der Waals surface area contributed by atoms with Crippen molar-refractivity contribution < 1.29 is 14.3 Å². The smallest absolute Gasteiger partial charge is 0.276 e. The molecule has 4 rings (SSSR count). The molecular weight excluding hydrogens is 376 g/mol. The van der Waals surface area contributed by atoms with Gasteiger partial charge in [-0.1, -0.05) is 78.9 Å². The van der Waals surface area contributed by atoms with Crippen molar-refractivity contribution in [2.75, 3.05) is 6.61 Å². The van der Waals surface area contributed by atoms with Gasteiger partial charge in [0.25, 0.3) is 11.8 Å². The van der Waals surface area contributed by atoms with Gasteiger partial charge in [0.1, 0.15) is 5.75 Å². The van der Waals surface area contributed by atoms with Crippen molar-refractivity contribution in [3.8, 4) is 5.75 Å². The molecule has 0 atom stereocenters. The van der Waals surface area contributed by atoms with Crippen LogP contribution in [-0.4, -0.2) is 18.4 Å². The van der Waals surface area contributed by atoms with Crippen molar-refractivity contribution in [1.29, 1.82) is 0 Å². The van der Waals surface area contributed by atoms with E-state index >= 15 is 0 Å². The SMILES string of the molecule is O=C(/C=C/c1cccc2ccccc12)NNC(=O)COc1cccc2ccccc12. The highest BCUT2D eigenvalue weighted by atomic mass is 16.5. The van der Waals surface area contributed by atoms with Gasteiger partial charge in [0.2, 0.25) is 0 Å².